The van der Waals surface area contributed by atoms with Crippen molar-refractivity contribution in [3.8, 4) is 17.6 Å². The first kappa shape index (κ1) is 19.6. The molecule has 0 spiro atoms. The van der Waals surface area contributed by atoms with Crippen LogP contribution in [0.5, 0.6) is 11.5 Å². The smallest absolute Gasteiger partial charge is 0.264 e. The molecule has 0 saturated heterocycles. The second-order valence-electron chi connectivity index (χ2n) is 7.65. The van der Waals surface area contributed by atoms with Crippen LogP contribution in [0.1, 0.15) is 36.3 Å². The lowest BCUT2D eigenvalue weighted by Crippen LogP contribution is -2.47. The average molecular weight is 413 g/mol. The monoisotopic (exact) mass is 412 g/mol. The standard InChI is InChI=1S/C22H24N2O4S/c1-14-7-9-15(10-8-14)29(25,26)24-19-6-4-5-16(19)18(13-23)17-11-21(27-2)22(28-3)12-20(17)24/h7-12,16,18-19H,4-6H2,1-3H3. The SMILES string of the molecule is COc1cc2c(cc1OC)N(S(=O)(=O)c1ccc(C)cc1)C1CCCC1C2C#N. The van der Waals surface area contributed by atoms with E-state index in [0.717, 1.165) is 24.8 Å². The third-order valence-corrected chi connectivity index (χ3v) is 7.94. The Kier molecular flexibility index (Phi) is 4.91. The Balaban J connectivity index is 1.96. The Labute approximate surface area is 171 Å². The van der Waals surface area contributed by atoms with E-state index in [1.807, 2.05) is 6.92 Å². The van der Waals surface area contributed by atoms with Crippen molar-refractivity contribution in [1.29, 1.82) is 5.26 Å². The zero-order valence-corrected chi connectivity index (χ0v) is 17.6. The predicted molar refractivity (Wildman–Crippen MR) is 110 cm³/mol. The van der Waals surface area contributed by atoms with Crippen molar-refractivity contribution in [3.63, 3.8) is 0 Å². The number of sulfonamides is 1. The topological polar surface area (TPSA) is 79.6 Å². The van der Waals surface area contributed by atoms with Crippen molar-refractivity contribution >= 4 is 15.7 Å². The molecule has 2 aromatic carbocycles. The quantitative estimate of drug-likeness (QED) is 0.758. The van der Waals surface area contributed by atoms with Crippen LogP contribution in [0.2, 0.25) is 0 Å². The Bertz CT molecular complexity index is 1070. The van der Waals surface area contributed by atoms with Crippen molar-refractivity contribution in [2.75, 3.05) is 18.5 Å². The minimum atomic E-state index is -3.80. The van der Waals surface area contributed by atoms with E-state index >= 15 is 0 Å². The highest BCUT2D eigenvalue weighted by atomic mass is 32.2. The number of fused-ring (bicyclic) bond motifs is 2. The number of methoxy groups -OCH3 is 2. The fraction of sp³-hybridized carbons (Fsp3) is 0.409. The van der Waals surface area contributed by atoms with Gasteiger partial charge >= 0.3 is 0 Å². The van der Waals surface area contributed by atoms with Gasteiger partial charge in [-0.3, -0.25) is 4.31 Å². The fourth-order valence-corrected chi connectivity index (χ4v) is 6.42. The Morgan fingerprint density at radius 2 is 1.72 bits per heavy atom. The molecule has 7 heteroatoms. The first-order valence-electron chi connectivity index (χ1n) is 9.69. The molecule has 0 radical (unpaired) electrons. The second-order valence-corrected chi connectivity index (χ2v) is 9.46. The lowest BCUT2D eigenvalue weighted by molar-refractivity contribution is 0.351. The van der Waals surface area contributed by atoms with E-state index in [9.17, 15) is 13.7 Å². The molecule has 3 unspecified atom stereocenters. The number of aryl methyl sites for hydroxylation is 1. The van der Waals surface area contributed by atoms with Crippen LogP contribution in [0.25, 0.3) is 0 Å². The van der Waals surface area contributed by atoms with E-state index in [2.05, 4.69) is 6.07 Å². The van der Waals surface area contributed by atoms with Gasteiger partial charge in [-0.2, -0.15) is 5.26 Å². The van der Waals surface area contributed by atoms with Gasteiger partial charge in [0.1, 0.15) is 0 Å². The van der Waals surface area contributed by atoms with Gasteiger partial charge in [0.2, 0.25) is 0 Å². The number of benzene rings is 2. The van der Waals surface area contributed by atoms with E-state index in [1.165, 1.54) is 18.5 Å². The maximum Gasteiger partial charge on any atom is 0.264 e. The molecule has 1 heterocycles. The summed E-state index contributed by atoms with van der Waals surface area (Å²) < 4.78 is 39.8. The van der Waals surface area contributed by atoms with E-state index in [1.54, 1.807) is 36.4 Å². The van der Waals surface area contributed by atoms with Gasteiger partial charge in [0.05, 0.1) is 36.8 Å². The van der Waals surface area contributed by atoms with Crippen LogP contribution >= 0.6 is 0 Å². The highest BCUT2D eigenvalue weighted by Gasteiger charge is 2.48. The van der Waals surface area contributed by atoms with Crippen LogP contribution < -0.4 is 13.8 Å². The summed E-state index contributed by atoms with van der Waals surface area (Å²) in [5, 5.41) is 9.92. The highest BCUT2D eigenvalue weighted by Crippen LogP contribution is 2.52. The van der Waals surface area contributed by atoms with E-state index in [0.29, 0.717) is 22.7 Å². The van der Waals surface area contributed by atoms with Gasteiger partial charge in [0.15, 0.2) is 11.5 Å². The zero-order chi connectivity index (χ0) is 20.8. The first-order valence-corrected chi connectivity index (χ1v) is 11.1. The number of hydrogen-bond donors (Lipinski definition) is 0. The molecule has 1 aliphatic carbocycles. The summed E-state index contributed by atoms with van der Waals surface area (Å²) in [6.07, 6.45) is 2.47. The Morgan fingerprint density at radius 3 is 2.34 bits per heavy atom. The van der Waals surface area contributed by atoms with E-state index < -0.39 is 10.0 Å². The summed E-state index contributed by atoms with van der Waals surface area (Å²) in [6, 6.07) is 12.5. The van der Waals surface area contributed by atoms with E-state index in [4.69, 9.17) is 9.47 Å². The van der Waals surface area contributed by atoms with Crippen molar-refractivity contribution in [1.82, 2.24) is 0 Å². The van der Waals surface area contributed by atoms with Gasteiger partial charge in [-0.05, 0) is 43.5 Å². The number of ether oxygens (including phenoxy) is 2. The normalized spacial score (nSPS) is 23.1. The van der Waals surface area contributed by atoms with Crippen LogP contribution in [0.15, 0.2) is 41.3 Å². The Morgan fingerprint density at radius 1 is 1.07 bits per heavy atom. The average Bonchev–Trinajstić information content (AvgIpc) is 3.19. The summed E-state index contributed by atoms with van der Waals surface area (Å²) in [6.45, 7) is 1.92. The maximum absolute atomic E-state index is 13.7. The summed E-state index contributed by atoms with van der Waals surface area (Å²) in [7, 11) is -0.740. The highest BCUT2D eigenvalue weighted by molar-refractivity contribution is 7.92. The van der Waals surface area contributed by atoms with Crippen LogP contribution in [-0.4, -0.2) is 28.7 Å². The minimum absolute atomic E-state index is 0.0363. The predicted octanol–water partition coefficient (Wildman–Crippen LogP) is 4.00. The molecule has 2 aliphatic rings. The van der Waals surface area contributed by atoms with Crippen LogP contribution in [-0.2, 0) is 10.0 Å². The van der Waals surface area contributed by atoms with Gasteiger partial charge in [0, 0.05) is 18.0 Å². The summed E-state index contributed by atoms with van der Waals surface area (Å²) in [5.74, 6) is 0.534. The summed E-state index contributed by atoms with van der Waals surface area (Å²) in [4.78, 5) is 0.255. The Hall–Kier alpha value is -2.72. The van der Waals surface area contributed by atoms with Gasteiger partial charge in [-0.15, -0.1) is 0 Å². The molecule has 0 aromatic heterocycles. The molecule has 1 fully saturated rings. The third kappa shape index (κ3) is 3.03. The number of rotatable bonds is 4. The molecule has 1 saturated carbocycles. The molecule has 29 heavy (non-hydrogen) atoms. The van der Waals surface area contributed by atoms with Crippen molar-refractivity contribution in [3.05, 3.63) is 47.5 Å². The molecule has 152 valence electrons. The summed E-state index contributed by atoms with van der Waals surface area (Å²) in [5.41, 5.74) is 2.19. The fourth-order valence-electron chi connectivity index (χ4n) is 4.68. The molecule has 3 atom stereocenters. The van der Waals surface area contributed by atoms with Crippen LogP contribution in [0, 0.1) is 24.2 Å². The van der Waals surface area contributed by atoms with Gasteiger partial charge < -0.3 is 9.47 Å². The molecular formula is C22H24N2O4S. The first-order chi connectivity index (χ1) is 13.9. The van der Waals surface area contributed by atoms with Crippen LogP contribution in [0.3, 0.4) is 0 Å². The largest absolute Gasteiger partial charge is 0.493 e. The number of anilines is 1. The molecule has 1 aliphatic heterocycles. The molecule has 0 N–H and O–H groups in total. The minimum Gasteiger partial charge on any atom is -0.493 e. The van der Waals surface area contributed by atoms with Gasteiger partial charge in [-0.1, -0.05) is 24.1 Å². The zero-order valence-electron chi connectivity index (χ0n) is 16.8. The summed E-state index contributed by atoms with van der Waals surface area (Å²) >= 11 is 0. The maximum atomic E-state index is 13.7. The lowest BCUT2D eigenvalue weighted by Gasteiger charge is -2.42. The van der Waals surface area contributed by atoms with E-state index in [-0.39, 0.29) is 22.8 Å². The molecular weight excluding hydrogens is 388 g/mol. The second kappa shape index (κ2) is 7.27. The molecule has 2 aromatic rings. The molecule has 0 amide bonds. The molecule has 6 nitrogen and oxygen atoms in total. The molecule has 4 rings (SSSR count). The van der Waals surface area contributed by atoms with Gasteiger partial charge in [-0.25, -0.2) is 8.42 Å². The number of hydrogen-bond acceptors (Lipinski definition) is 5. The van der Waals surface area contributed by atoms with Gasteiger partial charge in [0.25, 0.3) is 10.0 Å². The third-order valence-electron chi connectivity index (χ3n) is 6.08. The van der Waals surface area contributed by atoms with Crippen molar-refractivity contribution in [2.45, 2.75) is 43.0 Å². The number of nitriles is 1. The lowest BCUT2D eigenvalue weighted by atomic mass is 9.79. The van der Waals surface area contributed by atoms with Crippen molar-refractivity contribution < 1.29 is 17.9 Å². The van der Waals surface area contributed by atoms with Crippen LogP contribution in [0.4, 0.5) is 5.69 Å². The van der Waals surface area contributed by atoms with Crippen molar-refractivity contribution in [2.24, 2.45) is 5.92 Å². The number of nitrogens with zero attached hydrogens (tertiary/aromatic N) is 2. The molecule has 0 bridgehead atoms.